The standard InChI is InChI=1S/C24H27Cl2N5O2/c1-17-23(24(33)31(28(17)2)19-6-4-3-5-7-19)27-22(32)16-30-12-10-29(11-13-30)15-18-8-9-20(25)21(26)14-18/h3-9,14H,10-13,15-16H2,1-2H3,(H,27,32). The Morgan fingerprint density at radius 3 is 2.30 bits per heavy atom. The molecular formula is C24H27Cl2N5O2. The van der Waals surface area contributed by atoms with Crippen molar-refractivity contribution in [2.45, 2.75) is 13.5 Å². The molecular weight excluding hydrogens is 461 g/mol. The van der Waals surface area contributed by atoms with E-state index in [1.807, 2.05) is 62.5 Å². The third-order valence-electron chi connectivity index (χ3n) is 6.04. The van der Waals surface area contributed by atoms with E-state index in [0.29, 0.717) is 21.4 Å². The van der Waals surface area contributed by atoms with Crippen LogP contribution in [0.3, 0.4) is 0 Å². The van der Waals surface area contributed by atoms with Gasteiger partial charge in [0.2, 0.25) is 5.91 Å². The van der Waals surface area contributed by atoms with E-state index in [4.69, 9.17) is 23.2 Å². The summed E-state index contributed by atoms with van der Waals surface area (Å²) in [6, 6.07) is 15.1. The molecule has 1 fully saturated rings. The van der Waals surface area contributed by atoms with Gasteiger partial charge in [0.05, 0.1) is 28.0 Å². The summed E-state index contributed by atoms with van der Waals surface area (Å²) in [5, 5.41) is 3.96. The van der Waals surface area contributed by atoms with Gasteiger partial charge in [-0.1, -0.05) is 47.5 Å². The molecule has 0 bridgehead atoms. The second kappa shape index (κ2) is 10.1. The van der Waals surface area contributed by atoms with E-state index in [2.05, 4.69) is 15.1 Å². The smallest absolute Gasteiger partial charge is 0.295 e. The van der Waals surface area contributed by atoms with Crippen LogP contribution in [0, 0.1) is 6.92 Å². The zero-order valence-corrected chi connectivity index (χ0v) is 20.2. The zero-order valence-electron chi connectivity index (χ0n) is 18.7. The minimum Gasteiger partial charge on any atom is -0.319 e. The second-order valence-corrected chi connectivity index (χ2v) is 9.10. The maximum absolute atomic E-state index is 13.0. The van der Waals surface area contributed by atoms with Gasteiger partial charge in [-0.05, 0) is 36.8 Å². The molecule has 0 aliphatic carbocycles. The van der Waals surface area contributed by atoms with E-state index in [9.17, 15) is 9.59 Å². The predicted octanol–water partition coefficient (Wildman–Crippen LogP) is 3.55. The number of piperazine rings is 1. The Morgan fingerprint density at radius 2 is 1.64 bits per heavy atom. The summed E-state index contributed by atoms with van der Waals surface area (Å²) in [7, 11) is 1.81. The van der Waals surface area contributed by atoms with Gasteiger partial charge in [0.25, 0.3) is 5.56 Å². The van der Waals surface area contributed by atoms with Crippen molar-refractivity contribution < 1.29 is 4.79 Å². The minimum absolute atomic E-state index is 0.182. The molecule has 0 spiro atoms. The van der Waals surface area contributed by atoms with Crippen molar-refractivity contribution >= 4 is 34.8 Å². The van der Waals surface area contributed by atoms with Crippen LogP contribution >= 0.6 is 23.2 Å². The van der Waals surface area contributed by atoms with E-state index in [1.54, 1.807) is 9.36 Å². The summed E-state index contributed by atoms with van der Waals surface area (Å²) in [4.78, 5) is 30.2. The summed E-state index contributed by atoms with van der Waals surface area (Å²) in [6.07, 6.45) is 0. The number of amides is 1. The highest BCUT2D eigenvalue weighted by Gasteiger charge is 2.22. The van der Waals surface area contributed by atoms with Crippen LogP contribution < -0.4 is 10.9 Å². The highest BCUT2D eigenvalue weighted by atomic mass is 35.5. The first-order valence-electron chi connectivity index (χ1n) is 10.9. The summed E-state index contributed by atoms with van der Waals surface area (Å²) in [6.45, 7) is 6.11. The van der Waals surface area contributed by atoms with Crippen LogP contribution in [0.1, 0.15) is 11.3 Å². The highest BCUT2D eigenvalue weighted by Crippen LogP contribution is 2.23. The number of hydrogen-bond acceptors (Lipinski definition) is 4. The average molecular weight is 488 g/mol. The van der Waals surface area contributed by atoms with Gasteiger partial charge < -0.3 is 5.32 Å². The number of aromatic nitrogens is 2. The zero-order chi connectivity index (χ0) is 23.5. The number of rotatable bonds is 6. The molecule has 1 amide bonds. The van der Waals surface area contributed by atoms with Crippen LogP contribution in [-0.2, 0) is 18.4 Å². The number of carbonyl (C=O) groups excluding carboxylic acids is 1. The fourth-order valence-corrected chi connectivity index (χ4v) is 4.42. The SMILES string of the molecule is Cc1c(NC(=O)CN2CCN(Cc3ccc(Cl)c(Cl)c3)CC2)c(=O)n(-c2ccccc2)n1C. The summed E-state index contributed by atoms with van der Waals surface area (Å²) < 4.78 is 3.32. The van der Waals surface area contributed by atoms with Gasteiger partial charge >= 0.3 is 0 Å². The van der Waals surface area contributed by atoms with Crippen LogP contribution in [0.15, 0.2) is 53.3 Å². The Morgan fingerprint density at radius 1 is 0.970 bits per heavy atom. The van der Waals surface area contributed by atoms with Crippen molar-refractivity contribution in [3.8, 4) is 5.69 Å². The van der Waals surface area contributed by atoms with Crippen molar-refractivity contribution in [2.75, 3.05) is 38.0 Å². The molecule has 174 valence electrons. The van der Waals surface area contributed by atoms with Crippen molar-refractivity contribution in [3.63, 3.8) is 0 Å². The van der Waals surface area contributed by atoms with Crippen LogP contribution in [0.5, 0.6) is 0 Å². The van der Waals surface area contributed by atoms with E-state index >= 15 is 0 Å². The lowest BCUT2D eigenvalue weighted by atomic mass is 10.2. The summed E-state index contributed by atoms with van der Waals surface area (Å²) >= 11 is 12.1. The Kier molecular flexibility index (Phi) is 7.24. The molecule has 1 saturated heterocycles. The fourth-order valence-electron chi connectivity index (χ4n) is 4.10. The number of hydrogen-bond donors (Lipinski definition) is 1. The van der Waals surface area contributed by atoms with Crippen LogP contribution in [0.25, 0.3) is 5.69 Å². The van der Waals surface area contributed by atoms with Gasteiger partial charge in [-0.3, -0.25) is 24.1 Å². The van der Waals surface area contributed by atoms with E-state index in [-0.39, 0.29) is 18.0 Å². The van der Waals surface area contributed by atoms with Gasteiger partial charge in [-0.25, -0.2) is 4.68 Å². The Balaban J connectivity index is 1.34. The fraction of sp³-hybridized carbons (Fsp3) is 0.333. The first kappa shape index (κ1) is 23.6. The Hall–Kier alpha value is -2.58. The maximum atomic E-state index is 13.0. The number of benzene rings is 2. The van der Waals surface area contributed by atoms with Gasteiger partial charge in [0, 0.05) is 39.8 Å². The molecule has 0 unspecified atom stereocenters. The molecule has 1 aliphatic heterocycles. The monoisotopic (exact) mass is 487 g/mol. The van der Waals surface area contributed by atoms with Crippen molar-refractivity contribution in [1.82, 2.24) is 19.2 Å². The molecule has 7 nitrogen and oxygen atoms in total. The maximum Gasteiger partial charge on any atom is 0.295 e. The molecule has 2 heterocycles. The lowest BCUT2D eigenvalue weighted by Crippen LogP contribution is -2.48. The molecule has 1 N–H and O–H groups in total. The number of halogens is 2. The Labute approximate surface area is 203 Å². The summed E-state index contributed by atoms with van der Waals surface area (Å²) in [5.74, 6) is -0.182. The molecule has 1 aliphatic rings. The third-order valence-corrected chi connectivity index (χ3v) is 6.78. The third kappa shape index (κ3) is 5.33. The van der Waals surface area contributed by atoms with Crippen LogP contribution in [0.4, 0.5) is 5.69 Å². The topological polar surface area (TPSA) is 62.5 Å². The lowest BCUT2D eigenvalue weighted by molar-refractivity contribution is -0.117. The minimum atomic E-state index is -0.235. The van der Waals surface area contributed by atoms with Crippen LogP contribution in [0.2, 0.25) is 10.0 Å². The van der Waals surface area contributed by atoms with Crippen molar-refractivity contribution in [3.05, 3.63) is 80.2 Å². The molecule has 0 saturated carbocycles. The summed E-state index contributed by atoms with van der Waals surface area (Å²) in [5.41, 5.74) is 2.67. The molecule has 0 radical (unpaired) electrons. The normalized spacial score (nSPS) is 15.0. The molecule has 0 atom stereocenters. The second-order valence-electron chi connectivity index (χ2n) is 8.29. The molecule has 4 rings (SSSR count). The predicted molar refractivity (Wildman–Crippen MR) is 133 cm³/mol. The van der Waals surface area contributed by atoms with Crippen LogP contribution in [-0.4, -0.2) is 57.8 Å². The number of carbonyl (C=O) groups is 1. The molecule has 1 aromatic heterocycles. The van der Waals surface area contributed by atoms with E-state index in [1.165, 1.54) is 0 Å². The first-order chi connectivity index (χ1) is 15.8. The number of para-hydroxylation sites is 1. The van der Waals surface area contributed by atoms with Gasteiger partial charge in [-0.2, -0.15) is 0 Å². The average Bonchev–Trinajstić information content (AvgIpc) is 3.01. The first-order valence-corrected chi connectivity index (χ1v) is 11.6. The van der Waals surface area contributed by atoms with Gasteiger partial charge in [0.15, 0.2) is 0 Å². The largest absolute Gasteiger partial charge is 0.319 e. The molecule has 9 heteroatoms. The Bertz CT molecular complexity index is 1200. The quantitative estimate of drug-likeness (QED) is 0.577. The highest BCUT2D eigenvalue weighted by molar-refractivity contribution is 6.42. The lowest BCUT2D eigenvalue weighted by Gasteiger charge is -2.34. The number of anilines is 1. The van der Waals surface area contributed by atoms with E-state index < -0.39 is 0 Å². The van der Waals surface area contributed by atoms with Gasteiger partial charge in [0.1, 0.15) is 5.69 Å². The number of nitrogens with one attached hydrogen (secondary N) is 1. The number of nitrogens with zero attached hydrogens (tertiary/aromatic N) is 4. The van der Waals surface area contributed by atoms with E-state index in [0.717, 1.165) is 44.0 Å². The molecule has 33 heavy (non-hydrogen) atoms. The van der Waals surface area contributed by atoms with Crippen molar-refractivity contribution in [2.24, 2.45) is 7.05 Å². The molecule has 2 aromatic carbocycles. The van der Waals surface area contributed by atoms with Gasteiger partial charge in [-0.15, -0.1) is 0 Å². The molecule has 3 aromatic rings. The van der Waals surface area contributed by atoms with Crippen molar-refractivity contribution in [1.29, 1.82) is 0 Å².